The third-order valence-electron chi connectivity index (χ3n) is 3.00. The van der Waals surface area contributed by atoms with E-state index in [9.17, 15) is 12.8 Å². The van der Waals surface area contributed by atoms with Crippen molar-refractivity contribution in [3.63, 3.8) is 0 Å². The van der Waals surface area contributed by atoms with Gasteiger partial charge in [0.1, 0.15) is 5.82 Å². The number of methoxy groups -OCH3 is 1. The number of sulfonamides is 1. The van der Waals surface area contributed by atoms with Crippen LogP contribution in [0.25, 0.3) is 0 Å². The summed E-state index contributed by atoms with van der Waals surface area (Å²) < 4.78 is 44.5. The van der Waals surface area contributed by atoms with Gasteiger partial charge in [-0.3, -0.25) is 0 Å². The lowest BCUT2D eigenvalue weighted by atomic mass is 10.2. The van der Waals surface area contributed by atoms with E-state index in [0.717, 1.165) is 10.4 Å². The number of likely N-dealkylation sites (N-methyl/N-ethyl adjacent to an activating group) is 1. The van der Waals surface area contributed by atoms with E-state index >= 15 is 0 Å². The van der Waals surface area contributed by atoms with Gasteiger partial charge in [0, 0.05) is 31.5 Å². The fraction of sp³-hybridized carbons (Fsp3) is 0.500. The fourth-order valence-electron chi connectivity index (χ4n) is 1.68. The smallest absolute Gasteiger partial charge is 0.243 e. The Balaban J connectivity index is 3.28. The Morgan fingerprint density at radius 3 is 2.58 bits per heavy atom. The van der Waals surface area contributed by atoms with E-state index in [2.05, 4.69) is 0 Å². The zero-order valence-electron chi connectivity index (χ0n) is 11.5. The molecule has 1 unspecified atom stereocenters. The van der Waals surface area contributed by atoms with E-state index in [0.29, 0.717) is 0 Å². The van der Waals surface area contributed by atoms with Crippen molar-refractivity contribution >= 4 is 15.7 Å². The highest BCUT2D eigenvalue weighted by Gasteiger charge is 2.28. The molecule has 0 aromatic heterocycles. The van der Waals surface area contributed by atoms with E-state index in [1.165, 1.54) is 27.1 Å². The van der Waals surface area contributed by atoms with Gasteiger partial charge in [0.25, 0.3) is 0 Å². The molecule has 5 nitrogen and oxygen atoms in total. The van der Waals surface area contributed by atoms with Crippen LogP contribution in [0.2, 0.25) is 0 Å². The number of hydrogen-bond donors (Lipinski definition) is 1. The Kier molecular flexibility index (Phi) is 4.89. The van der Waals surface area contributed by atoms with Crippen molar-refractivity contribution in [3.05, 3.63) is 23.5 Å². The van der Waals surface area contributed by atoms with Crippen LogP contribution in [0, 0.1) is 12.7 Å². The molecule has 0 spiro atoms. The second-order valence-electron chi connectivity index (χ2n) is 4.45. The first kappa shape index (κ1) is 15.9. The van der Waals surface area contributed by atoms with Gasteiger partial charge < -0.3 is 10.5 Å². The molecule has 0 amide bonds. The first-order valence-electron chi connectivity index (χ1n) is 5.74. The van der Waals surface area contributed by atoms with Gasteiger partial charge in [-0.05, 0) is 26.0 Å². The molecule has 1 aromatic rings. The summed E-state index contributed by atoms with van der Waals surface area (Å²) in [7, 11) is -0.884. The number of benzene rings is 1. The van der Waals surface area contributed by atoms with Crippen LogP contribution in [-0.2, 0) is 14.8 Å². The Labute approximate surface area is 113 Å². The standard InChI is InChI=1S/C12H19FN2O3S/c1-8(7-18-4)15(3)19(16,17)12-6-10(14)5-11(13)9(12)2/h5-6,8H,7,14H2,1-4H3. The first-order valence-corrected chi connectivity index (χ1v) is 7.18. The molecule has 0 aliphatic carbocycles. The lowest BCUT2D eigenvalue weighted by Gasteiger charge is -2.24. The fourth-order valence-corrected chi connectivity index (χ4v) is 3.29. The maximum atomic E-state index is 13.6. The Hall–Kier alpha value is -1.18. The number of hydrogen-bond acceptors (Lipinski definition) is 4. The van der Waals surface area contributed by atoms with Crippen LogP contribution in [0.1, 0.15) is 12.5 Å². The lowest BCUT2D eigenvalue weighted by Crippen LogP contribution is -2.38. The maximum Gasteiger partial charge on any atom is 0.243 e. The topological polar surface area (TPSA) is 72.6 Å². The Bertz CT molecular complexity index is 560. The summed E-state index contributed by atoms with van der Waals surface area (Å²) in [5.41, 5.74) is 5.65. The second-order valence-corrected chi connectivity index (χ2v) is 6.42. The van der Waals surface area contributed by atoms with E-state index < -0.39 is 15.8 Å². The summed E-state index contributed by atoms with van der Waals surface area (Å²) in [6.07, 6.45) is 0. The van der Waals surface area contributed by atoms with Crippen molar-refractivity contribution in [1.82, 2.24) is 4.31 Å². The van der Waals surface area contributed by atoms with Crippen molar-refractivity contribution < 1.29 is 17.5 Å². The van der Waals surface area contributed by atoms with Gasteiger partial charge in [-0.25, -0.2) is 12.8 Å². The van der Waals surface area contributed by atoms with Gasteiger partial charge >= 0.3 is 0 Å². The molecule has 0 aliphatic heterocycles. The third-order valence-corrected chi connectivity index (χ3v) is 5.10. The summed E-state index contributed by atoms with van der Waals surface area (Å²) in [6, 6.07) is 2.01. The maximum absolute atomic E-state index is 13.6. The molecular weight excluding hydrogens is 271 g/mol. The van der Waals surface area contributed by atoms with Gasteiger partial charge in [-0.2, -0.15) is 4.31 Å². The molecule has 7 heteroatoms. The van der Waals surface area contributed by atoms with Crippen molar-refractivity contribution in [3.8, 4) is 0 Å². The summed E-state index contributed by atoms with van der Waals surface area (Å²) in [5, 5.41) is 0. The zero-order valence-corrected chi connectivity index (χ0v) is 12.3. The third kappa shape index (κ3) is 3.23. The van der Waals surface area contributed by atoms with Crippen molar-refractivity contribution in [2.75, 3.05) is 26.5 Å². The van der Waals surface area contributed by atoms with Crippen LogP contribution in [-0.4, -0.2) is 39.5 Å². The number of anilines is 1. The van der Waals surface area contributed by atoms with Gasteiger partial charge in [-0.1, -0.05) is 0 Å². The highest BCUT2D eigenvalue weighted by molar-refractivity contribution is 7.89. The minimum atomic E-state index is -3.80. The van der Waals surface area contributed by atoms with Crippen LogP contribution in [0.5, 0.6) is 0 Å². The van der Waals surface area contributed by atoms with Gasteiger partial charge in [0.15, 0.2) is 0 Å². The van der Waals surface area contributed by atoms with Crippen LogP contribution in [0.15, 0.2) is 17.0 Å². The largest absolute Gasteiger partial charge is 0.399 e. The van der Waals surface area contributed by atoms with Crippen molar-refractivity contribution in [2.45, 2.75) is 24.8 Å². The van der Waals surface area contributed by atoms with Crippen molar-refractivity contribution in [2.24, 2.45) is 0 Å². The minimum Gasteiger partial charge on any atom is -0.399 e. The monoisotopic (exact) mass is 290 g/mol. The number of halogens is 1. The minimum absolute atomic E-state index is 0.0608. The molecule has 0 bridgehead atoms. The van der Waals surface area contributed by atoms with Crippen LogP contribution in [0.3, 0.4) is 0 Å². The van der Waals surface area contributed by atoms with Gasteiger partial charge in [0.2, 0.25) is 10.0 Å². The highest BCUT2D eigenvalue weighted by Crippen LogP contribution is 2.25. The molecule has 0 saturated carbocycles. The molecule has 2 N–H and O–H groups in total. The number of rotatable bonds is 5. The molecule has 108 valence electrons. The zero-order chi connectivity index (χ0) is 14.8. The predicted molar refractivity (Wildman–Crippen MR) is 71.8 cm³/mol. The van der Waals surface area contributed by atoms with E-state index in [1.807, 2.05) is 0 Å². The second kappa shape index (κ2) is 5.85. The predicted octanol–water partition coefficient (Wildman–Crippen LogP) is 1.37. The average molecular weight is 290 g/mol. The number of nitrogens with zero attached hydrogens (tertiary/aromatic N) is 1. The molecule has 0 fully saturated rings. The molecule has 1 aromatic carbocycles. The van der Waals surface area contributed by atoms with Crippen molar-refractivity contribution in [1.29, 1.82) is 0 Å². The van der Waals surface area contributed by atoms with E-state index in [-0.39, 0.29) is 28.8 Å². The van der Waals surface area contributed by atoms with Crippen LogP contribution >= 0.6 is 0 Å². The Morgan fingerprint density at radius 2 is 2.05 bits per heavy atom. The van der Waals surface area contributed by atoms with Gasteiger partial charge in [0.05, 0.1) is 11.5 Å². The molecule has 19 heavy (non-hydrogen) atoms. The first-order chi connectivity index (χ1) is 8.71. The molecule has 0 radical (unpaired) electrons. The highest BCUT2D eigenvalue weighted by atomic mass is 32.2. The summed E-state index contributed by atoms with van der Waals surface area (Å²) in [6.45, 7) is 3.37. The van der Waals surface area contributed by atoms with Crippen LogP contribution < -0.4 is 5.73 Å². The van der Waals surface area contributed by atoms with Gasteiger partial charge in [-0.15, -0.1) is 0 Å². The van der Waals surface area contributed by atoms with E-state index in [1.54, 1.807) is 6.92 Å². The molecule has 1 atom stereocenters. The van der Waals surface area contributed by atoms with Crippen LogP contribution in [0.4, 0.5) is 10.1 Å². The average Bonchev–Trinajstić information content (AvgIpc) is 2.32. The van der Waals surface area contributed by atoms with E-state index in [4.69, 9.17) is 10.5 Å². The molecule has 0 aliphatic rings. The number of nitrogens with two attached hydrogens (primary N) is 1. The molecule has 1 rings (SSSR count). The molecule has 0 saturated heterocycles. The number of ether oxygens (including phenoxy) is 1. The number of nitrogen functional groups attached to an aromatic ring is 1. The summed E-state index contributed by atoms with van der Waals surface area (Å²) in [4.78, 5) is -0.115. The summed E-state index contributed by atoms with van der Waals surface area (Å²) in [5.74, 6) is -0.633. The molecular formula is C12H19FN2O3S. The summed E-state index contributed by atoms with van der Waals surface area (Å²) >= 11 is 0. The lowest BCUT2D eigenvalue weighted by molar-refractivity contribution is 0.149. The normalized spacial score (nSPS) is 13.8. The molecule has 0 heterocycles. The quantitative estimate of drug-likeness (QED) is 0.831. The SMILES string of the molecule is COCC(C)N(C)S(=O)(=O)c1cc(N)cc(F)c1C. The Morgan fingerprint density at radius 1 is 1.47 bits per heavy atom.